The molecule has 1 fully saturated rings. The maximum absolute atomic E-state index is 12.3. The first-order chi connectivity index (χ1) is 9.13. The first kappa shape index (κ1) is 13.9. The molecule has 2 unspecified atom stereocenters. The Morgan fingerprint density at radius 3 is 2.89 bits per heavy atom. The predicted octanol–water partition coefficient (Wildman–Crippen LogP) is 2.62. The van der Waals surface area contributed by atoms with E-state index in [-0.39, 0.29) is 18.7 Å². The highest BCUT2D eigenvalue weighted by atomic mass is 16.3. The molecule has 0 bridgehead atoms. The highest BCUT2D eigenvalue weighted by molar-refractivity contribution is 5.90. The molecule has 19 heavy (non-hydrogen) atoms. The van der Waals surface area contributed by atoms with Crippen LogP contribution in [-0.2, 0) is 0 Å². The third kappa shape index (κ3) is 3.07. The number of piperidine rings is 1. The minimum Gasteiger partial charge on any atom is -0.394 e. The van der Waals surface area contributed by atoms with Crippen molar-refractivity contribution < 1.29 is 9.90 Å². The zero-order valence-corrected chi connectivity index (χ0v) is 11.6. The number of nitrogens with zero attached hydrogens (tertiary/aromatic N) is 1. The summed E-state index contributed by atoms with van der Waals surface area (Å²) in [5, 5.41) is 12.4. The van der Waals surface area contributed by atoms with Gasteiger partial charge in [-0.1, -0.05) is 25.1 Å². The van der Waals surface area contributed by atoms with Crippen LogP contribution in [0, 0.1) is 12.8 Å². The molecular weight excluding hydrogens is 240 g/mol. The predicted molar refractivity (Wildman–Crippen MR) is 76.2 cm³/mol. The first-order valence-corrected chi connectivity index (χ1v) is 6.87. The van der Waals surface area contributed by atoms with Gasteiger partial charge in [0.1, 0.15) is 0 Å². The van der Waals surface area contributed by atoms with Crippen LogP contribution < -0.4 is 5.32 Å². The number of aliphatic hydroxyl groups excluding tert-OH is 1. The van der Waals surface area contributed by atoms with Crippen molar-refractivity contribution >= 4 is 11.7 Å². The van der Waals surface area contributed by atoms with E-state index in [0.717, 1.165) is 24.1 Å². The fraction of sp³-hybridized carbons (Fsp3) is 0.533. The maximum atomic E-state index is 12.3. The minimum atomic E-state index is -0.111. The van der Waals surface area contributed by atoms with E-state index in [9.17, 15) is 9.90 Å². The van der Waals surface area contributed by atoms with Crippen molar-refractivity contribution in [2.24, 2.45) is 5.92 Å². The second kappa shape index (κ2) is 6.06. The van der Waals surface area contributed by atoms with Gasteiger partial charge in [-0.2, -0.15) is 0 Å². The number of aryl methyl sites for hydroxylation is 1. The van der Waals surface area contributed by atoms with Crippen LogP contribution in [0.5, 0.6) is 0 Å². The number of hydrogen-bond acceptors (Lipinski definition) is 2. The highest BCUT2D eigenvalue weighted by Gasteiger charge is 2.31. The Kier molecular flexibility index (Phi) is 4.43. The summed E-state index contributed by atoms with van der Waals surface area (Å²) >= 11 is 0. The van der Waals surface area contributed by atoms with Gasteiger partial charge < -0.3 is 15.3 Å². The number of hydrogen-bond donors (Lipinski definition) is 2. The first-order valence-electron chi connectivity index (χ1n) is 6.87. The number of carbonyl (C=O) groups excluding carboxylic acids is 1. The number of likely N-dealkylation sites (tertiary alicyclic amines) is 1. The molecule has 2 atom stereocenters. The minimum absolute atomic E-state index is 0.0301. The summed E-state index contributed by atoms with van der Waals surface area (Å²) in [5.41, 5.74) is 1.88. The van der Waals surface area contributed by atoms with Crippen LogP contribution in [0.2, 0.25) is 0 Å². The van der Waals surface area contributed by atoms with Gasteiger partial charge in [-0.15, -0.1) is 0 Å². The molecule has 0 radical (unpaired) electrons. The van der Waals surface area contributed by atoms with Crippen LogP contribution in [0.4, 0.5) is 10.5 Å². The fourth-order valence-electron chi connectivity index (χ4n) is 2.68. The van der Waals surface area contributed by atoms with Crippen molar-refractivity contribution in [2.75, 3.05) is 18.5 Å². The van der Waals surface area contributed by atoms with Crippen LogP contribution in [0.1, 0.15) is 25.3 Å². The van der Waals surface area contributed by atoms with Gasteiger partial charge in [0.25, 0.3) is 0 Å². The van der Waals surface area contributed by atoms with Crippen LogP contribution in [0.3, 0.4) is 0 Å². The molecule has 4 nitrogen and oxygen atoms in total. The van der Waals surface area contributed by atoms with Crippen LogP contribution in [0.15, 0.2) is 24.3 Å². The maximum Gasteiger partial charge on any atom is 0.322 e. The van der Waals surface area contributed by atoms with Crippen molar-refractivity contribution in [1.29, 1.82) is 0 Å². The summed E-state index contributed by atoms with van der Waals surface area (Å²) in [7, 11) is 0. The van der Waals surface area contributed by atoms with Crippen molar-refractivity contribution in [3.05, 3.63) is 29.8 Å². The Hall–Kier alpha value is -1.55. The van der Waals surface area contributed by atoms with Gasteiger partial charge in [-0.05, 0) is 37.3 Å². The second-order valence-corrected chi connectivity index (χ2v) is 5.31. The van der Waals surface area contributed by atoms with E-state index in [1.54, 1.807) is 4.90 Å². The molecule has 2 rings (SSSR count). The van der Waals surface area contributed by atoms with Gasteiger partial charge in [0.15, 0.2) is 0 Å². The number of rotatable bonds is 2. The molecule has 2 N–H and O–H groups in total. The SMILES string of the molecule is Cc1ccccc1NC(=O)N1CCCC(C)C1CO. The van der Waals surface area contributed by atoms with Crippen molar-refractivity contribution in [2.45, 2.75) is 32.7 Å². The van der Waals surface area contributed by atoms with Crippen LogP contribution in [0.25, 0.3) is 0 Å². The molecule has 1 saturated heterocycles. The molecule has 1 aromatic carbocycles. The molecule has 0 saturated carbocycles. The number of para-hydroxylation sites is 1. The summed E-state index contributed by atoms with van der Waals surface area (Å²) in [5.74, 6) is 0.348. The molecular formula is C15H22N2O2. The molecule has 104 valence electrons. The lowest BCUT2D eigenvalue weighted by Gasteiger charge is -2.39. The van der Waals surface area contributed by atoms with E-state index in [1.165, 1.54) is 0 Å². The van der Waals surface area contributed by atoms with Gasteiger partial charge in [0, 0.05) is 12.2 Å². The van der Waals surface area contributed by atoms with E-state index in [2.05, 4.69) is 12.2 Å². The van der Waals surface area contributed by atoms with E-state index in [1.807, 2.05) is 31.2 Å². The second-order valence-electron chi connectivity index (χ2n) is 5.31. The standard InChI is InChI=1S/C15H22N2O2/c1-11-6-3-4-8-13(11)16-15(19)17-9-5-7-12(2)14(17)10-18/h3-4,6,8,12,14,18H,5,7,9-10H2,1-2H3,(H,16,19). The number of urea groups is 1. The fourth-order valence-corrected chi connectivity index (χ4v) is 2.68. The number of nitrogens with one attached hydrogen (secondary N) is 1. The molecule has 1 aromatic rings. The normalized spacial score (nSPS) is 23.2. The van der Waals surface area contributed by atoms with Crippen molar-refractivity contribution in [3.63, 3.8) is 0 Å². The summed E-state index contributed by atoms with van der Waals surface area (Å²) < 4.78 is 0. The molecule has 0 aliphatic carbocycles. The van der Waals surface area contributed by atoms with Gasteiger partial charge in [-0.3, -0.25) is 0 Å². The largest absolute Gasteiger partial charge is 0.394 e. The zero-order chi connectivity index (χ0) is 13.8. The van der Waals surface area contributed by atoms with Gasteiger partial charge >= 0.3 is 6.03 Å². The Morgan fingerprint density at radius 2 is 2.21 bits per heavy atom. The molecule has 0 aromatic heterocycles. The summed E-state index contributed by atoms with van der Waals surface area (Å²) in [6, 6.07) is 7.54. The number of aliphatic hydroxyl groups is 1. The topological polar surface area (TPSA) is 52.6 Å². The van der Waals surface area contributed by atoms with Gasteiger partial charge in [-0.25, -0.2) is 4.79 Å². The average Bonchev–Trinajstić information content (AvgIpc) is 2.41. The number of carbonyl (C=O) groups is 1. The molecule has 4 heteroatoms. The van der Waals surface area contributed by atoms with Crippen molar-refractivity contribution in [3.8, 4) is 0 Å². The molecule has 0 spiro atoms. The lowest BCUT2D eigenvalue weighted by atomic mass is 9.91. The lowest BCUT2D eigenvalue weighted by Crippen LogP contribution is -2.51. The third-order valence-electron chi connectivity index (χ3n) is 3.95. The quantitative estimate of drug-likeness (QED) is 0.861. The number of benzene rings is 1. The van der Waals surface area contributed by atoms with E-state index in [0.29, 0.717) is 12.5 Å². The Labute approximate surface area is 114 Å². The van der Waals surface area contributed by atoms with Crippen LogP contribution in [-0.4, -0.2) is 35.2 Å². The summed E-state index contributed by atoms with van der Waals surface area (Å²) in [6.45, 7) is 4.81. The monoisotopic (exact) mass is 262 g/mol. The van der Waals surface area contributed by atoms with E-state index < -0.39 is 0 Å². The molecule has 1 aliphatic heterocycles. The zero-order valence-electron chi connectivity index (χ0n) is 11.6. The van der Waals surface area contributed by atoms with Gasteiger partial charge in [0.2, 0.25) is 0 Å². The van der Waals surface area contributed by atoms with Crippen LogP contribution >= 0.6 is 0 Å². The van der Waals surface area contributed by atoms with Gasteiger partial charge in [0.05, 0.1) is 12.6 Å². The Balaban J connectivity index is 2.08. The Morgan fingerprint density at radius 1 is 1.47 bits per heavy atom. The lowest BCUT2D eigenvalue weighted by molar-refractivity contribution is 0.0811. The molecule has 2 amide bonds. The molecule has 1 aliphatic rings. The Bertz CT molecular complexity index is 448. The summed E-state index contributed by atoms with van der Waals surface area (Å²) in [4.78, 5) is 14.1. The smallest absolute Gasteiger partial charge is 0.322 e. The average molecular weight is 262 g/mol. The van der Waals surface area contributed by atoms with E-state index in [4.69, 9.17) is 0 Å². The molecule has 1 heterocycles. The summed E-state index contributed by atoms with van der Waals surface area (Å²) in [6.07, 6.45) is 2.07. The van der Waals surface area contributed by atoms with E-state index >= 15 is 0 Å². The highest BCUT2D eigenvalue weighted by Crippen LogP contribution is 2.24. The number of amides is 2. The van der Waals surface area contributed by atoms with Crippen molar-refractivity contribution in [1.82, 2.24) is 4.90 Å². The number of anilines is 1. The third-order valence-corrected chi connectivity index (χ3v) is 3.95.